The summed E-state index contributed by atoms with van der Waals surface area (Å²) in [6.45, 7) is 11.5. The molecule has 0 aliphatic heterocycles. The molecule has 0 fully saturated rings. The number of carbonyl (C=O) groups is 2. The number of ether oxygens (including phenoxy) is 2. The summed E-state index contributed by atoms with van der Waals surface area (Å²) < 4.78 is 10.1. The molecule has 0 spiro atoms. The summed E-state index contributed by atoms with van der Waals surface area (Å²) in [6, 6.07) is 0. The van der Waals surface area contributed by atoms with Gasteiger partial charge in [-0.15, -0.1) is 6.58 Å². The maximum Gasteiger partial charge on any atom is 0.323 e. The molecule has 0 bridgehead atoms. The number of hydrogen-bond acceptors (Lipinski definition) is 4. The van der Waals surface area contributed by atoms with Crippen LogP contribution in [0.15, 0.2) is 12.7 Å². The average molecular weight is 256 g/mol. The predicted molar refractivity (Wildman–Crippen MR) is 70.0 cm³/mol. The van der Waals surface area contributed by atoms with Gasteiger partial charge in [0.25, 0.3) is 0 Å². The summed E-state index contributed by atoms with van der Waals surface area (Å²) in [5.74, 6) is -0.854. The molecule has 0 heterocycles. The summed E-state index contributed by atoms with van der Waals surface area (Å²) in [4.78, 5) is 24.3. The molecule has 4 heteroatoms. The second-order valence-corrected chi connectivity index (χ2v) is 4.61. The minimum absolute atomic E-state index is 0.179. The number of esters is 2. The van der Waals surface area contributed by atoms with E-state index in [0.29, 0.717) is 6.42 Å². The van der Waals surface area contributed by atoms with Gasteiger partial charge < -0.3 is 9.47 Å². The number of allylic oxidation sites excluding steroid dienone is 1. The lowest BCUT2D eigenvalue weighted by molar-refractivity contribution is -0.173. The molecule has 0 aromatic carbocycles. The highest BCUT2D eigenvalue weighted by Gasteiger charge is 2.48. The maximum atomic E-state index is 12.1. The molecule has 18 heavy (non-hydrogen) atoms. The first-order valence-electron chi connectivity index (χ1n) is 6.39. The third kappa shape index (κ3) is 4.17. The number of carbonyl (C=O) groups excluding carboxylic acids is 2. The molecule has 0 atom stereocenters. The van der Waals surface area contributed by atoms with Crippen LogP contribution in [0.2, 0.25) is 0 Å². The molecular formula is C14H24O4. The van der Waals surface area contributed by atoms with E-state index < -0.39 is 17.4 Å². The van der Waals surface area contributed by atoms with Crippen LogP contribution in [0.3, 0.4) is 0 Å². The molecule has 0 aliphatic rings. The zero-order valence-electron chi connectivity index (χ0n) is 11.8. The molecule has 0 aliphatic carbocycles. The van der Waals surface area contributed by atoms with Crippen molar-refractivity contribution in [2.24, 2.45) is 11.3 Å². The van der Waals surface area contributed by atoms with Gasteiger partial charge >= 0.3 is 11.9 Å². The zero-order valence-corrected chi connectivity index (χ0v) is 11.8. The van der Waals surface area contributed by atoms with Gasteiger partial charge in [0.1, 0.15) is 0 Å². The van der Waals surface area contributed by atoms with Crippen LogP contribution in [-0.2, 0) is 19.1 Å². The largest absolute Gasteiger partial charge is 0.465 e. The first kappa shape index (κ1) is 16.7. The molecule has 0 aromatic heterocycles. The fourth-order valence-corrected chi connectivity index (χ4v) is 1.98. The molecule has 0 unspecified atom stereocenters. The van der Waals surface area contributed by atoms with E-state index in [9.17, 15) is 9.59 Å². The van der Waals surface area contributed by atoms with Crippen molar-refractivity contribution in [1.82, 2.24) is 0 Å². The highest BCUT2D eigenvalue weighted by molar-refractivity contribution is 6.00. The Kier molecular flexibility index (Phi) is 7.32. The van der Waals surface area contributed by atoms with Crippen LogP contribution in [0.4, 0.5) is 0 Å². The normalized spacial score (nSPS) is 11.2. The third-order valence-corrected chi connectivity index (χ3v) is 2.58. The van der Waals surface area contributed by atoms with Crippen molar-refractivity contribution in [3.05, 3.63) is 12.7 Å². The highest BCUT2D eigenvalue weighted by Crippen LogP contribution is 2.34. The molecule has 104 valence electrons. The minimum Gasteiger partial charge on any atom is -0.465 e. The zero-order chi connectivity index (χ0) is 14.2. The molecule has 0 saturated heterocycles. The van der Waals surface area contributed by atoms with Gasteiger partial charge in [0.2, 0.25) is 0 Å². The molecule has 0 aromatic rings. The SMILES string of the molecule is C=CCC(CC(C)C)(C(=O)OCC)C(=O)OCC. The summed E-state index contributed by atoms with van der Waals surface area (Å²) in [5, 5.41) is 0. The molecule has 0 saturated carbocycles. The van der Waals surface area contributed by atoms with Crippen LogP contribution in [0.5, 0.6) is 0 Å². The first-order chi connectivity index (χ1) is 8.44. The second kappa shape index (κ2) is 7.90. The number of rotatable bonds is 8. The molecule has 4 nitrogen and oxygen atoms in total. The maximum absolute atomic E-state index is 12.1. The smallest absolute Gasteiger partial charge is 0.323 e. The van der Waals surface area contributed by atoms with Gasteiger partial charge in [-0.25, -0.2) is 0 Å². The monoisotopic (exact) mass is 256 g/mol. The van der Waals surface area contributed by atoms with Crippen LogP contribution in [0.25, 0.3) is 0 Å². The lowest BCUT2D eigenvalue weighted by atomic mass is 9.77. The Balaban J connectivity index is 5.32. The van der Waals surface area contributed by atoms with Gasteiger partial charge in [0, 0.05) is 0 Å². The van der Waals surface area contributed by atoms with Gasteiger partial charge in [-0.1, -0.05) is 19.9 Å². The first-order valence-corrected chi connectivity index (χ1v) is 6.39. The van der Waals surface area contributed by atoms with Crippen LogP contribution in [0, 0.1) is 11.3 Å². The topological polar surface area (TPSA) is 52.6 Å². The van der Waals surface area contributed by atoms with Crippen LogP contribution in [-0.4, -0.2) is 25.2 Å². The van der Waals surface area contributed by atoms with E-state index in [2.05, 4.69) is 6.58 Å². The standard InChI is InChI=1S/C14H24O4/c1-6-9-14(10-11(4)5,12(15)17-7-2)13(16)18-8-3/h6,11H,1,7-10H2,2-5H3. The fourth-order valence-electron chi connectivity index (χ4n) is 1.98. The third-order valence-electron chi connectivity index (χ3n) is 2.58. The van der Waals surface area contributed by atoms with Crippen molar-refractivity contribution in [2.75, 3.05) is 13.2 Å². The molecule has 0 N–H and O–H groups in total. The minimum atomic E-state index is -1.25. The summed E-state index contributed by atoms with van der Waals surface area (Å²) >= 11 is 0. The Labute approximate surface area is 109 Å². The van der Waals surface area contributed by atoms with E-state index in [0.717, 1.165) is 0 Å². The van der Waals surface area contributed by atoms with Gasteiger partial charge in [0.15, 0.2) is 5.41 Å². The van der Waals surface area contributed by atoms with Crippen molar-refractivity contribution >= 4 is 11.9 Å². The van der Waals surface area contributed by atoms with Gasteiger partial charge in [-0.2, -0.15) is 0 Å². The lowest BCUT2D eigenvalue weighted by Gasteiger charge is -2.29. The molecule has 0 radical (unpaired) electrons. The van der Waals surface area contributed by atoms with Gasteiger partial charge in [-0.3, -0.25) is 9.59 Å². The van der Waals surface area contributed by atoms with Crippen molar-refractivity contribution in [2.45, 2.75) is 40.5 Å². The second-order valence-electron chi connectivity index (χ2n) is 4.61. The molecule has 0 rings (SSSR count). The van der Waals surface area contributed by atoms with E-state index in [-0.39, 0.29) is 25.6 Å². The van der Waals surface area contributed by atoms with Crippen LogP contribution in [0.1, 0.15) is 40.5 Å². The Hall–Kier alpha value is -1.32. The molecule has 0 amide bonds. The van der Waals surface area contributed by atoms with Crippen molar-refractivity contribution in [3.8, 4) is 0 Å². The van der Waals surface area contributed by atoms with Crippen LogP contribution < -0.4 is 0 Å². The Bertz CT molecular complexity index is 276. The summed E-state index contributed by atoms with van der Waals surface area (Å²) in [5.41, 5.74) is -1.25. The van der Waals surface area contributed by atoms with Crippen molar-refractivity contribution in [3.63, 3.8) is 0 Å². The quantitative estimate of drug-likeness (QED) is 0.380. The summed E-state index contributed by atoms with van der Waals surface area (Å²) in [6.07, 6.45) is 2.20. The number of hydrogen-bond donors (Lipinski definition) is 0. The lowest BCUT2D eigenvalue weighted by Crippen LogP contribution is -2.43. The van der Waals surface area contributed by atoms with E-state index >= 15 is 0 Å². The van der Waals surface area contributed by atoms with E-state index in [1.54, 1.807) is 19.9 Å². The highest BCUT2D eigenvalue weighted by atomic mass is 16.6. The van der Waals surface area contributed by atoms with Crippen molar-refractivity contribution in [1.29, 1.82) is 0 Å². The fraction of sp³-hybridized carbons (Fsp3) is 0.714. The van der Waals surface area contributed by atoms with Crippen molar-refractivity contribution < 1.29 is 19.1 Å². The molecular weight excluding hydrogens is 232 g/mol. The Morgan fingerprint density at radius 2 is 1.61 bits per heavy atom. The van der Waals surface area contributed by atoms with Gasteiger partial charge in [0.05, 0.1) is 13.2 Å². The average Bonchev–Trinajstić information content (AvgIpc) is 2.28. The van der Waals surface area contributed by atoms with E-state index in [1.165, 1.54) is 0 Å². The van der Waals surface area contributed by atoms with E-state index in [4.69, 9.17) is 9.47 Å². The van der Waals surface area contributed by atoms with Gasteiger partial charge in [-0.05, 0) is 32.6 Å². The Morgan fingerprint density at radius 1 is 1.17 bits per heavy atom. The predicted octanol–water partition coefficient (Wildman–Crippen LogP) is 2.72. The van der Waals surface area contributed by atoms with E-state index in [1.807, 2.05) is 13.8 Å². The Morgan fingerprint density at radius 3 is 1.89 bits per heavy atom. The summed E-state index contributed by atoms with van der Waals surface area (Å²) in [7, 11) is 0. The van der Waals surface area contributed by atoms with Crippen LogP contribution >= 0.6 is 0 Å².